The predicted octanol–water partition coefficient (Wildman–Crippen LogP) is 2.61. The number of hydrogen-bond donors (Lipinski definition) is 1. The van der Waals surface area contributed by atoms with E-state index >= 15 is 0 Å². The lowest BCUT2D eigenvalue weighted by Gasteiger charge is -2.31. The molecule has 0 aromatic heterocycles. The number of ether oxygens (including phenoxy) is 1. The summed E-state index contributed by atoms with van der Waals surface area (Å²) < 4.78 is 32.2. The lowest BCUT2D eigenvalue weighted by Crippen LogP contribution is -2.39. The molecule has 1 aliphatic rings. The highest BCUT2D eigenvalue weighted by Gasteiger charge is 2.37. The Kier molecular flexibility index (Phi) is 5.24. The Morgan fingerprint density at radius 1 is 1.11 bits per heavy atom. The molecular formula is C20H19NO6S. The van der Waals surface area contributed by atoms with Gasteiger partial charge in [-0.2, -0.15) is 0 Å². The van der Waals surface area contributed by atoms with Gasteiger partial charge in [-0.05, 0) is 38.1 Å². The molecule has 0 bridgehead atoms. The monoisotopic (exact) mass is 401 g/mol. The maximum atomic E-state index is 13.2. The number of aliphatic hydroxyl groups is 1. The maximum absolute atomic E-state index is 13.2. The maximum Gasteiger partial charge on any atom is 0.379 e. The lowest BCUT2D eigenvalue weighted by atomic mass is 9.99. The van der Waals surface area contributed by atoms with E-state index in [1.807, 2.05) is 6.92 Å². The van der Waals surface area contributed by atoms with Crippen LogP contribution in [-0.2, 0) is 24.3 Å². The van der Waals surface area contributed by atoms with E-state index in [9.17, 15) is 23.1 Å². The highest BCUT2D eigenvalue weighted by atomic mass is 32.2. The summed E-state index contributed by atoms with van der Waals surface area (Å²) in [6.45, 7) is 2.89. The zero-order valence-electron chi connectivity index (χ0n) is 15.4. The standard InChI is InChI=1S/C20H19NO6S/c1-3-27-20(24)19(23)16-12-21(17-7-5-4-6-15(17)18(16)22)28(25,26)14-10-8-13(2)9-11-14/h4-11,22H,3,12H2,1-2H3. The Labute approximate surface area is 162 Å². The molecule has 0 aliphatic carbocycles. The van der Waals surface area contributed by atoms with Crippen LogP contribution in [0.25, 0.3) is 5.76 Å². The molecule has 8 heteroatoms. The van der Waals surface area contributed by atoms with Gasteiger partial charge in [-0.25, -0.2) is 13.2 Å². The zero-order valence-corrected chi connectivity index (χ0v) is 16.2. The molecule has 3 rings (SSSR count). The average molecular weight is 401 g/mol. The second kappa shape index (κ2) is 7.47. The smallest absolute Gasteiger partial charge is 0.379 e. The van der Waals surface area contributed by atoms with Crippen molar-refractivity contribution in [2.75, 3.05) is 17.5 Å². The van der Waals surface area contributed by atoms with E-state index in [-0.39, 0.29) is 28.3 Å². The van der Waals surface area contributed by atoms with Crippen molar-refractivity contribution in [3.8, 4) is 0 Å². The molecule has 2 aromatic rings. The summed E-state index contributed by atoms with van der Waals surface area (Å²) in [5.41, 5.74) is 0.944. The third-order valence-electron chi connectivity index (χ3n) is 4.36. The summed E-state index contributed by atoms with van der Waals surface area (Å²) in [5.74, 6) is -2.64. The minimum absolute atomic E-state index is 0.0133. The molecule has 28 heavy (non-hydrogen) atoms. The van der Waals surface area contributed by atoms with E-state index in [0.29, 0.717) is 0 Å². The molecule has 2 aromatic carbocycles. The first-order chi connectivity index (χ1) is 13.3. The van der Waals surface area contributed by atoms with E-state index in [1.54, 1.807) is 31.2 Å². The number of ketones is 1. The van der Waals surface area contributed by atoms with E-state index in [0.717, 1.165) is 9.87 Å². The van der Waals surface area contributed by atoms with Crippen molar-refractivity contribution in [2.45, 2.75) is 18.7 Å². The molecule has 0 saturated heterocycles. The molecule has 0 spiro atoms. The van der Waals surface area contributed by atoms with Crippen molar-refractivity contribution in [3.63, 3.8) is 0 Å². The summed E-state index contributed by atoms with van der Waals surface area (Å²) >= 11 is 0. The van der Waals surface area contributed by atoms with E-state index in [2.05, 4.69) is 0 Å². The van der Waals surface area contributed by atoms with Crippen LogP contribution in [0.3, 0.4) is 0 Å². The summed E-state index contributed by atoms with van der Waals surface area (Å²) in [7, 11) is -4.04. The molecule has 0 fully saturated rings. The first kappa shape index (κ1) is 19.6. The van der Waals surface area contributed by atoms with Gasteiger partial charge in [0, 0.05) is 5.56 Å². The lowest BCUT2D eigenvalue weighted by molar-refractivity contribution is -0.151. The number of para-hydroxylation sites is 1. The normalized spacial score (nSPS) is 13.9. The summed E-state index contributed by atoms with van der Waals surface area (Å²) in [6, 6.07) is 12.5. The van der Waals surface area contributed by atoms with Crippen LogP contribution in [-0.4, -0.2) is 38.4 Å². The molecule has 1 N–H and O–H groups in total. The molecule has 7 nitrogen and oxygen atoms in total. The molecular weight excluding hydrogens is 382 g/mol. The first-order valence-electron chi connectivity index (χ1n) is 8.59. The van der Waals surface area contributed by atoms with Crippen molar-refractivity contribution < 1.29 is 27.9 Å². The van der Waals surface area contributed by atoms with Gasteiger partial charge in [-0.15, -0.1) is 0 Å². The number of rotatable bonds is 5. The summed E-state index contributed by atoms with van der Waals surface area (Å²) in [6.07, 6.45) is 0. The second-order valence-electron chi connectivity index (χ2n) is 6.22. The van der Waals surface area contributed by atoms with Crippen LogP contribution in [0.4, 0.5) is 5.69 Å². The van der Waals surface area contributed by atoms with Gasteiger partial charge in [-0.1, -0.05) is 29.8 Å². The second-order valence-corrected chi connectivity index (χ2v) is 8.08. The molecule has 0 saturated carbocycles. The number of aryl methyl sites for hydroxylation is 1. The molecule has 146 valence electrons. The van der Waals surface area contributed by atoms with Gasteiger partial charge in [0.1, 0.15) is 5.76 Å². The molecule has 0 radical (unpaired) electrons. The van der Waals surface area contributed by atoms with Crippen molar-refractivity contribution in [2.24, 2.45) is 0 Å². The van der Waals surface area contributed by atoms with E-state index in [4.69, 9.17) is 4.74 Å². The number of anilines is 1. The molecule has 0 amide bonds. The average Bonchev–Trinajstić information content (AvgIpc) is 2.68. The van der Waals surface area contributed by atoms with Crippen LogP contribution in [0.1, 0.15) is 18.1 Å². The van der Waals surface area contributed by atoms with Crippen molar-refractivity contribution >= 4 is 33.2 Å². The fourth-order valence-electron chi connectivity index (χ4n) is 2.91. The Morgan fingerprint density at radius 3 is 2.39 bits per heavy atom. The van der Waals surface area contributed by atoms with Gasteiger partial charge in [-0.3, -0.25) is 9.10 Å². The number of carbonyl (C=O) groups is 2. The number of sulfonamides is 1. The summed E-state index contributed by atoms with van der Waals surface area (Å²) in [5, 5.41) is 10.5. The topological polar surface area (TPSA) is 101 Å². The van der Waals surface area contributed by atoms with Gasteiger partial charge in [0.05, 0.1) is 29.3 Å². The SMILES string of the molecule is CCOC(=O)C(=O)C1=C(O)c2ccccc2N(S(=O)(=O)c2ccc(C)cc2)C1. The van der Waals surface area contributed by atoms with E-state index < -0.39 is 34.1 Å². The molecule has 0 unspecified atom stereocenters. The fraction of sp³-hybridized carbons (Fsp3) is 0.200. The van der Waals surface area contributed by atoms with Crippen LogP contribution in [0.2, 0.25) is 0 Å². The third-order valence-corrected chi connectivity index (χ3v) is 6.13. The number of aliphatic hydroxyl groups excluding tert-OH is 1. The largest absolute Gasteiger partial charge is 0.507 e. The van der Waals surface area contributed by atoms with Crippen LogP contribution >= 0.6 is 0 Å². The van der Waals surface area contributed by atoms with Crippen LogP contribution in [0, 0.1) is 6.92 Å². The molecule has 1 heterocycles. The van der Waals surface area contributed by atoms with Crippen LogP contribution < -0.4 is 4.31 Å². The zero-order chi connectivity index (χ0) is 20.5. The number of Topliss-reactive ketones (excluding diaryl/α,β-unsaturated/α-hetero) is 1. The van der Waals surface area contributed by atoms with Crippen molar-refractivity contribution in [1.29, 1.82) is 0 Å². The van der Waals surface area contributed by atoms with Crippen LogP contribution in [0.5, 0.6) is 0 Å². The van der Waals surface area contributed by atoms with Gasteiger partial charge < -0.3 is 9.84 Å². The molecule has 1 aliphatic heterocycles. The fourth-order valence-corrected chi connectivity index (χ4v) is 4.36. The Morgan fingerprint density at radius 2 is 1.75 bits per heavy atom. The van der Waals surface area contributed by atoms with Gasteiger partial charge in [0.2, 0.25) is 0 Å². The molecule has 0 atom stereocenters. The highest BCUT2D eigenvalue weighted by molar-refractivity contribution is 7.92. The number of hydrogen-bond acceptors (Lipinski definition) is 6. The van der Waals surface area contributed by atoms with E-state index in [1.165, 1.54) is 24.3 Å². The number of nitrogens with zero attached hydrogens (tertiary/aromatic N) is 1. The van der Waals surface area contributed by atoms with Gasteiger partial charge >= 0.3 is 5.97 Å². The Balaban J connectivity index is 2.13. The van der Waals surface area contributed by atoms with Crippen molar-refractivity contribution in [3.05, 3.63) is 65.2 Å². The minimum Gasteiger partial charge on any atom is -0.507 e. The number of carbonyl (C=O) groups excluding carboxylic acids is 2. The quantitative estimate of drug-likeness (QED) is 0.610. The predicted molar refractivity (Wildman–Crippen MR) is 103 cm³/mol. The van der Waals surface area contributed by atoms with Crippen LogP contribution in [0.15, 0.2) is 59.0 Å². The first-order valence-corrected chi connectivity index (χ1v) is 10.0. The number of esters is 1. The van der Waals surface area contributed by atoms with Gasteiger partial charge in [0.25, 0.3) is 15.8 Å². The number of benzene rings is 2. The number of fused-ring (bicyclic) bond motifs is 1. The highest BCUT2D eigenvalue weighted by Crippen LogP contribution is 2.37. The minimum atomic E-state index is -4.04. The Hall–Kier alpha value is -3.13. The third kappa shape index (κ3) is 3.38. The Bertz CT molecular complexity index is 1070. The summed E-state index contributed by atoms with van der Waals surface area (Å²) in [4.78, 5) is 24.4. The van der Waals surface area contributed by atoms with Crippen molar-refractivity contribution in [1.82, 2.24) is 0 Å². The van der Waals surface area contributed by atoms with Gasteiger partial charge in [0.15, 0.2) is 0 Å².